The molecule has 1 fully saturated rings. The second kappa shape index (κ2) is 5.52. The highest BCUT2D eigenvalue weighted by molar-refractivity contribution is 5.51. The van der Waals surface area contributed by atoms with Crippen molar-refractivity contribution in [2.24, 2.45) is 0 Å². The topological polar surface area (TPSA) is 26.7 Å². The van der Waals surface area contributed by atoms with Crippen LogP contribution in [0.3, 0.4) is 0 Å². The Labute approximate surface area is 104 Å². The summed E-state index contributed by atoms with van der Waals surface area (Å²) in [6.07, 6.45) is 0. The molecular formula is C14H22N2O. The van der Waals surface area contributed by atoms with Crippen LogP contribution >= 0.6 is 0 Å². The van der Waals surface area contributed by atoms with Gasteiger partial charge in [-0.3, -0.25) is 0 Å². The minimum absolute atomic E-state index is 0.135. The number of likely N-dealkylation sites (N-methyl/N-ethyl adjacent to an activating group) is 1. The van der Waals surface area contributed by atoms with Crippen molar-refractivity contribution in [3.63, 3.8) is 0 Å². The van der Waals surface area contributed by atoms with E-state index in [4.69, 9.17) is 5.11 Å². The first-order chi connectivity index (χ1) is 8.24. The van der Waals surface area contributed by atoms with E-state index in [-0.39, 0.29) is 6.61 Å². The van der Waals surface area contributed by atoms with Gasteiger partial charge < -0.3 is 14.9 Å². The highest BCUT2D eigenvalue weighted by Gasteiger charge is 2.16. The van der Waals surface area contributed by atoms with Crippen molar-refractivity contribution in [3.05, 3.63) is 29.3 Å². The highest BCUT2D eigenvalue weighted by atomic mass is 16.3. The number of aryl methyl sites for hydroxylation is 1. The number of hydrogen-bond donors (Lipinski definition) is 1. The lowest BCUT2D eigenvalue weighted by Gasteiger charge is -2.35. The first kappa shape index (κ1) is 12.4. The van der Waals surface area contributed by atoms with Gasteiger partial charge in [0.2, 0.25) is 0 Å². The number of aliphatic hydroxyl groups excluding tert-OH is 1. The highest BCUT2D eigenvalue weighted by Crippen LogP contribution is 2.20. The number of piperazine rings is 1. The van der Waals surface area contributed by atoms with Crippen molar-refractivity contribution in [2.45, 2.75) is 20.5 Å². The van der Waals surface area contributed by atoms with Crippen LogP contribution in [0.4, 0.5) is 5.69 Å². The zero-order valence-electron chi connectivity index (χ0n) is 10.8. The maximum absolute atomic E-state index is 9.17. The molecule has 0 amide bonds. The molecule has 1 aliphatic rings. The molecule has 0 aromatic heterocycles. The molecule has 3 nitrogen and oxygen atoms in total. The smallest absolute Gasteiger partial charge is 0.0684 e. The van der Waals surface area contributed by atoms with Crippen molar-refractivity contribution in [3.8, 4) is 0 Å². The van der Waals surface area contributed by atoms with Crippen LogP contribution in [0.15, 0.2) is 18.2 Å². The molecule has 0 unspecified atom stereocenters. The van der Waals surface area contributed by atoms with E-state index in [9.17, 15) is 0 Å². The standard InChI is InChI=1S/C14H22N2O/c1-3-15-6-8-16(9-7-15)14-5-4-13(11-17)12(2)10-14/h4-5,10,17H,3,6-9,11H2,1-2H3. The van der Waals surface area contributed by atoms with Crippen molar-refractivity contribution in [1.82, 2.24) is 4.90 Å². The minimum Gasteiger partial charge on any atom is -0.392 e. The van der Waals surface area contributed by atoms with Gasteiger partial charge in [0.1, 0.15) is 0 Å². The van der Waals surface area contributed by atoms with Crippen LogP contribution in [-0.4, -0.2) is 42.7 Å². The lowest BCUT2D eigenvalue weighted by Crippen LogP contribution is -2.46. The molecule has 1 N–H and O–H groups in total. The van der Waals surface area contributed by atoms with Crippen molar-refractivity contribution in [1.29, 1.82) is 0 Å². The molecule has 0 aliphatic carbocycles. The lowest BCUT2D eigenvalue weighted by atomic mass is 10.1. The molecule has 1 aliphatic heterocycles. The second-order valence-electron chi connectivity index (χ2n) is 4.69. The molecule has 1 aromatic carbocycles. The lowest BCUT2D eigenvalue weighted by molar-refractivity contribution is 0.271. The third-order valence-corrected chi connectivity index (χ3v) is 3.68. The van der Waals surface area contributed by atoms with E-state index in [0.717, 1.165) is 38.3 Å². The summed E-state index contributed by atoms with van der Waals surface area (Å²) in [6, 6.07) is 6.35. The Morgan fingerprint density at radius 1 is 1.18 bits per heavy atom. The van der Waals surface area contributed by atoms with Crippen molar-refractivity contribution in [2.75, 3.05) is 37.6 Å². The summed E-state index contributed by atoms with van der Waals surface area (Å²) in [6.45, 7) is 10.1. The molecule has 3 heteroatoms. The van der Waals surface area contributed by atoms with Crippen LogP contribution < -0.4 is 4.90 Å². The molecule has 1 heterocycles. The average Bonchev–Trinajstić information content (AvgIpc) is 2.39. The summed E-state index contributed by atoms with van der Waals surface area (Å²) in [5.41, 5.74) is 3.50. The summed E-state index contributed by atoms with van der Waals surface area (Å²) >= 11 is 0. The van der Waals surface area contributed by atoms with Gasteiger partial charge in [-0.25, -0.2) is 0 Å². The van der Waals surface area contributed by atoms with Crippen LogP contribution in [0.5, 0.6) is 0 Å². The van der Waals surface area contributed by atoms with Gasteiger partial charge in [-0.05, 0) is 36.7 Å². The maximum Gasteiger partial charge on any atom is 0.0684 e. The van der Waals surface area contributed by atoms with Crippen molar-refractivity contribution >= 4 is 5.69 Å². The third-order valence-electron chi connectivity index (χ3n) is 3.68. The number of nitrogens with zero attached hydrogens (tertiary/aromatic N) is 2. The van der Waals surface area contributed by atoms with Gasteiger partial charge in [0.15, 0.2) is 0 Å². The summed E-state index contributed by atoms with van der Waals surface area (Å²) in [5.74, 6) is 0. The monoisotopic (exact) mass is 234 g/mol. The van der Waals surface area contributed by atoms with E-state index >= 15 is 0 Å². The summed E-state index contributed by atoms with van der Waals surface area (Å²) in [7, 11) is 0. The zero-order valence-corrected chi connectivity index (χ0v) is 10.8. The van der Waals surface area contributed by atoms with E-state index in [0.29, 0.717) is 0 Å². The molecule has 2 rings (SSSR count). The molecule has 0 radical (unpaired) electrons. The van der Waals surface area contributed by atoms with Gasteiger partial charge >= 0.3 is 0 Å². The summed E-state index contributed by atoms with van der Waals surface area (Å²) in [4.78, 5) is 4.91. The SMILES string of the molecule is CCN1CCN(c2ccc(CO)c(C)c2)CC1. The number of hydrogen-bond acceptors (Lipinski definition) is 3. The Morgan fingerprint density at radius 3 is 2.41 bits per heavy atom. The van der Waals surface area contributed by atoms with Crippen LogP contribution in [-0.2, 0) is 6.61 Å². The molecule has 94 valence electrons. The Kier molecular flexibility index (Phi) is 4.02. The van der Waals surface area contributed by atoms with Crippen LogP contribution in [0.2, 0.25) is 0 Å². The normalized spacial score (nSPS) is 17.5. The number of anilines is 1. The number of benzene rings is 1. The molecule has 0 spiro atoms. The number of aliphatic hydroxyl groups is 1. The van der Waals surface area contributed by atoms with E-state index in [1.807, 2.05) is 6.07 Å². The first-order valence-electron chi connectivity index (χ1n) is 6.42. The van der Waals surface area contributed by atoms with E-state index in [1.165, 1.54) is 11.3 Å². The Morgan fingerprint density at radius 2 is 1.88 bits per heavy atom. The predicted molar refractivity (Wildman–Crippen MR) is 71.4 cm³/mol. The minimum atomic E-state index is 0.135. The Bertz CT molecular complexity index is 370. The van der Waals surface area contributed by atoms with Crippen molar-refractivity contribution < 1.29 is 5.11 Å². The Hall–Kier alpha value is -1.06. The summed E-state index contributed by atoms with van der Waals surface area (Å²) < 4.78 is 0. The van der Waals surface area contributed by atoms with Gasteiger partial charge in [-0.15, -0.1) is 0 Å². The van der Waals surface area contributed by atoms with Gasteiger partial charge in [-0.1, -0.05) is 13.0 Å². The predicted octanol–water partition coefficient (Wildman–Crippen LogP) is 1.63. The molecule has 1 saturated heterocycles. The number of rotatable bonds is 3. The zero-order chi connectivity index (χ0) is 12.3. The maximum atomic E-state index is 9.17. The summed E-state index contributed by atoms with van der Waals surface area (Å²) in [5, 5.41) is 9.17. The molecule has 0 atom stereocenters. The molecule has 0 bridgehead atoms. The largest absolute Gasteiger partial charge is 0.392 e. The molecule has 1 aromatic rings. The van der Waals surface area contributed by atoms with E-state index < -0.39 is 0 Å². The Balaban J connectivity index is 2.06. The molecule has 0 saturated carbocycles. The fourth-order valence-corrected chi connectivity index (χ4v) is 2.38. The quantitative estimate of drug-likeness (QED) is 0.861. The van der Waals surface area contributed by atoms with E-state index in [1.54, 1.807) is 0 Å². The van der Waals surface area contributed by atoms with Crippen LogP contribution in [0, 0.1) is 6.92 Å². The third kappa shape index (κ3) is 2.79. The van der Waals surface area contributed by atoms with Crippen LogP contribution in [0.1, 0.15) is 18.1 Å². The first-order valence-corrected chi connectivity index (χ1v) is 6.42. The average molecular weight is 234 g/mol. The van der Waals surface area contributed by atoms with Crippen LogP contribution in [0.25, 0.3) is 0 Å². The fraction of sp³-hybridized carbons (Fsp3) is 0.571. The van der Waals surface area contributed by atoms with Gasteiger partial charge in [0.25, 0.3) is 0 Å². The van der Waals surface area contributed by atoms with Gasteiger partial charge in [-0.2, -0.15) is 0 Å². The van der Waals surface area contributed by atoms with Gasteiger partial charge in [0.05, 0.1) is 6.61 Å². The second-order valence-corrected chi connectivity index (χ2v) is 4.69. The van der Waals surface area contributed by atoms with Gasteiger partial charge in [0, 0.05) is 31.9 Å². The molecular weight excluding hydrogens is 212 g/mol. The van der Waals surface area contributed by atoms with E-state index in [2.05, 4.69) is 35.8 Å². The molecule has 17 heavy (non-hydrogen) atoms. The fourth-order valence-electron chi connectivity index (χ4n) is 2.38.